The van der Waals surface area contributed by atoms with Crippen LogP contribution in [0.4, 0.5) is 17.6 Å². The molecule has 0 bridgehead atoms. The number of pyridine rings is 1. The van der Waals surface area contributed by atoms with Crippen LogP contribution in [0.25, 0.3) is 11.0 Å². The highest BCUT2D eigenvalue weighted by Crippen LogP contribution is 2.22. The molecule has 0 unspecified atom stereocenters. The van der Waals surface area contributed by atoms with Crippen LogP contribution in [0.3, 0.4) is 0 Å². The SMILES string of the molecule is O=c1ccc2[nH]ccc2n1CCOCC(F)(F)C(F)F. The van der Waals surface area contributed by atoms with Crippen LogP contribution in [0.1, 0.15) is 0 Å². The minimum Gasteiger partial charge on any atom is -0.373 e. The number of fused-ring (bicyclic) bond motifs is 1. The first-order valence-corrected chi connectivity index (χ1v) is 5.82. The smallest absolute Gasteiger partial charge is 0.330 e. The van der Waals surface area contributed by atoms with E-state index in [2.05, 4.69) is 9.72 Å². The molecule has 0 fully saturated rings. The molecular weight excluding hydrogens is 280 g/mol. The summed E-state index contributed by atoms with van der Waals surface area (Å²) < 4.78 is 54.9. The Morgan fingerprint density at radius 2 is 2.05 bits per heavy atom. The van der Waals surface area contributed by atoms with Crippen LogP contribution >= 0.6 is 0 Å². The lowest BCUT2D eigenvalue weighted by atomic mass is 10.3. The average Bonchev–Trinajstić information content (AvgIpc) is 2.84. The highest BCUT2D eigenvalue weighted by Gasteiger charge is 2.40. The first-order chi connectivity index (χ1) is 9.42. The van der Waals surface area contributed by atoms with Crippen molar-refractivity contribution in [3.8, 4) is 0 Å². The van der Waals surface area contributed by atoms with Crippen molar-refractivity contribution in [1.82, 2.24) is 9.55 Å². The molecule has 0 aliphatic heterocycles. The molecule has 0 aromatic carbocycles. The third kappa shape index (κ3) is 3.01. The normalized spacial score (nSPS) is 12.4. The van der Waals surface area contributed by atoms with Gasteiger partial charge in [0.25, 0.3) is 5.56 Å². The van der Waals surface area contributed by atoms with Gasteiger partial charge in [0.1, 0.15) is 6.61 Å². The highest BCUT2D eigenvalue weighted by molar-refractivity contribution is 5.75. The summed E-state index contributed by atoms with van der Waals surface area (Å²) in [5, 5.41) is 0. The number of H-pyrrole nitrogens is 1. The number of halogens is 4. The number of ether oxygens (including phenoxy) is 1. The molecule has 4 nitrogen and oxygen atoms in total. The van der Waals surface area contributed by atoms with Crippen LogP contribution in [0.2, 0.25) is 0 Å². The van der Waals surface area contributed by atoms with Crippen molar-refractivity contribution in [3.63, 3.8) is 0 Å². The zero-order chi connectivity index (χ0) is 14.8. The Morgan fingerprint density at radius 1 is 1.30 bits per heavy atom. The van der Waals surface area contributed by atoms with E-state index in [9.17, 15) is 22.4 Å². The molecule has 0 atom stereocenters. The molecule has 0 aliphatic carbocycles. The minimum absolute atomic E-state index is 0.00729. The molecule has 0 amide bonds. The second kappa shape index (κ2) is 5.66. The van der Waals surface area contributed by atoms with E-state index in [0.717, 1.165) is 0 Å². The lowest BCUT2D eigenvalue weighted by molar-refractivity contribution is -0.166. The molecule has 0 spiro atoms. The van der Waals surface area contributed by atoms with Gasteiger partial charge in [-0.2, -0.15) is 8.78 Å². The average molecular weight is 292 g/mol. The quantitative estimate of drug-likeness (QED) is 0.655. The molecule has 20 heavy (non-hydrogen) atoms. The van der Waals surface area contributed by atoms with Crippen LogP contribution < -0.4 is 5.56 Å². The van der Waals surface area contributed by atoms with E-state index in [0.29, 0.717) is 11.0 Å². The van der Waals surface area contributed by atoms with Gasteiger partial charge in [0.15, 0.2) is 0 Å². The van der Waals surface area contributed by atoms with Crippen LogP contribution in [-0.4, -0.2) is 35.1 Å². The topological polar surface area (TPSA) is 47.0 Å². The Balaban J connectivity index is 1.98. The third-order valence-corrected chi connectivity index (χ3v) is 2.78. The van der Waals surface area contributed by atoms with Crippen molar-refractivity contribution in [2.75, 3.05) is 13.2 Å². The molecule has 0 saturated carbocycles. The molecular formula is C12H12F4N2O2. The number of hydrogen-bond acceptors (Lipinski definition) is 2. The highest BCUT2D eigenvalue weighted by atomic mass is 19.3. The molecule has 1 N–H and O–H groups in total. The number of nitrogens with one attached hydrogen (secondary N) is 1. The molecule has 110 valence electrons. The summed E-state index contributed by atoms with van der Waals surface area (Å²) in [6.45, 7) is -1.62. The van der Waals surface area contributed by atoms with E-state index in [1.165, 1.54) is 10.6 Å². The van der Waals surface area contributed by atoms with Crippen LogP contribution in [0, 0.1) is 0 Å². The van der Waals surface area contributed by atoms with E-state index < -0.39 is 19.0 Å². The second-order valence-corrected chi connectivity index (χ2v) is 4.21. The summed E-state index contributed by atoms with van der Waals surface area (Å²) in [5.41, 5.74) is 0.991. The Hall–Kier alpha value is -1.83. The van der Waals surface area contributed by atoms with Gasteiger partial charge in [0.05, 0.1) is 17.6 Å². The molecule has 2 aromatic rings. The van der Waals surface area contributed by atoms with Gasteiger partial charge in [-0.3, -0.25) is 4.79 Å². The van der Waals surface area contributed by atoms with Crippen molar-refractivity contribution in [2.45, 2.75) is 18.9 Å². The largest absolute Gasteiger partial charge is 0.373 e. The fourth-order valence-electron chi connectivity index (χ4n) is 1.76. The Bertz CT molecular complexity index is 636. The standard InChI is InChI=1S/C12H12F4N2O2/c13-11(14)12(15,16)7-20-6-5-18-9-3-4-17-8(9)1-2-10(18)19/h1-4,11,17H,5-7H2. The summed E-state index contributed by atoms with van der Waals surface area (Å²) in [6.07, 6.45) is -2.13. The van der Waals surface area contributed by atoms with Crippen molar-refractivity contribution in [3.05, 3.63) is 34.7 Å². The van der Waals surface area contributed by atoms with Gasteiger partial charge in [-0.1, -0.05) is 0 Å². The van der Waals surface area contributed by atoms with E-state index in [1.54, 1.807) is 18.3 Å². The molecule has 0 radical (unpaired) electrons. The number of hydrogen-bond donors (Lipinski definition) is 1. The Kier molecular flexibility index (Phi) is 4.12. The number of nitrogens with zero attached hydrogens (tertiary/aromatic N) is 1. The number of aromatic amines is 1. The van der Waals surface area contributed by atoms with Crippen LogP contribution in [-0.2, 0) is 11.3 Å². The van der Waals surface area contributed by atoms with Crippen molar-refractivity contribution >= 4 is 11.0 Å². The summed E-state index contributed by atoms with van der Waals surface area (Å²) in [7, 11) is 0. The Morgan fingerprint density at radius 3 is 2.75 bits per heavy atom. The Labute approximate surface area is 111 Å². The van der Waals surface area contributed by atoms with Crippen molar-refractivity contribution < 1.29 is 22.3 Å². The van der Waals surface area contributed by atoms with E-state index in [4.69, 9.17) is 0 Å². The van der Waals surface area contributed by atoms with Crippen molar-refractivity contribution in [2.24, 2.45) is 0 Å². The predicted octanol–water partition coefficient (Wildman–Crippen LogP) is 2.25. The van der Waals surface area contributed by atoms with Crippen molar-refractivity contribution in [1.29, 1.82) is 0 Å². The van der Waals surface area contributed by atoms with Crippen LogP contribution in [0.5, 0.6) is 0 Å². The van der Waals surface area contributed by atoms with Gasteiger partial charge in [-0.05, 0) is 12.1 Å². The van der Waals surface area contributed by atoms with Crippen LogP contribution in [0.15, 0.2) is 29.2 Å². The zero-order valence-corrected chi connectivity index (χ0v) is 10.3. The summed E-state index contributed by atoms with van der Waals surface area (Å²) >= 11 is 0. The van der Waals surface area contributed by atoms with Gasteiger partial charge in [-0.25, -0.2) is 8.78 Å². The second-order valence-electron chi connectivity index (χ2n) is 4.21. The maximum Gasteiger partial charge on any atom is 0.330 e. The van der Waals surface area contributed by atoms with E-state index in [-0.39, 0.29) is 18.7 Å². The number of aromatic nitrogens is 2. The number of rotatable bonds is 6. The first-order valence-electron chi connectivity index (χ1n) is 5.82. The molecule has 2 heterocycles. The predicted molar refractivity (Wildman–Crippen MR) is 64.3 cm³/mol. The molecule has 2 rings (SSSR count). The van der Waals surface area contributed by atoms with E-state index >= 15 is 0 Å². The fourth-order valence-corrected chi connectivity index (χ4v) is 1.76. The lowest BCUT2D eigenvalue weighted by Crippen LogP contribution is -2.33. The van der Waals surface area contributed by atoms with Gasteiger partial charge in [0, 0.05) is 18.8 Å². The summed E-state index contributed by atoms with van der Waals surface area (Å²) in [4.78, 5) is 14.6. The molecule has 0 aliphatic rings. The minimum atomic E-state index is -4.18. The zero-order valence-electron chi connectivity index (χ0n) is 10.3. The summed E-state index contributed by atoms with van der Waals surface area (Å²) in [6, 6.07) is 4.58. The maximum absolute atomic E-state index is 12.6. The summed E-state index contributed by atoms with van der Waals surface area (Å²) in [5.74, 6) is -4.18. The monoisotopic (exact) mass is 292 g/mol. The molecule has 0 saturated heterocycles. The van der Waals surface area contributed by atoms with Gasteiger partial charge in [0.2, 0.25) is 0 Å². The molecule has 2 aromatic heterocycles. The number of alkyl halides is 4. The third-order valence-electron chi connectivity index (χ3n) is 2.78. The first kappa shape index (κ1) is 14.6. The molecule has 8 heteroatoms. The maximum atomic E-state index is 12.6. The van der Waals surface area contributed by atoms with E-state index in [1.807, 2.05) is 0 Å². The van der Waals surface area contributed by atoms with Gasteiger partial charge < -0.3 is 14.3 Å². The van der Waals surface area contributed by atoms with Gasteiger partial charge in [-0.15, -0.1) is 0 Å². The fraction of sp³-hybridized carbons (Fsp3) is 0.417. The lowest BCUT2D eigenvalue weighted by Gasteiger charge is -2.15. The van der Waals surface area contributed by atoms with Gasteiger partial charge >= 0.3 is 12.3 Å².